The molecule has 6 heteroatoms. The summed E-state index contributed by atoms with van der Waals surface area (Å²) in [5.74, 6) is 1.14. The third-order valence-corrected chi connectivity index (χ3v) is 5.83. The van der Waals surface area contributed by atoms with Crippen LogP contribution in [0.25, 0.3) is 0 Å². The van der Waals surface area contributed by atoms with E-state index in [0.717, 1.165) is 34.4 Å². The fourth-order valence-electron chi connectivity index (χ4n) is 2.59. The van der Waals surface area contributed by atoms with Crippen LogP contribution in [0.1, 0.15) is 41.8 Å². The molecular weight excluding hydrogens is 326 g/mol. The van der Waals surface area contributed by atoms with E-state index in [1.54, 1.807) is 0 Å². The summed E-state index contributed by atoms with van der Waals surface area (Å²) in [7, 11) is 0. The van der Waals surface area contributed by atoms with Gasteiger partial charge in [0.15, 0.2) is 10.1 Å². The van der Waals surface area contributed by atoms with Gasteiger partial charge in [-0.2, -0.15) is 0 Å². The minimum atomic E-state index is 0.164. The molecule has 0 aliphatic heterocycles. The standard InChI is InChI=1S/C17H21N3OS2/c1-11(2)9-18-16-19-20-17(23-16)22-10-15(21)14-7-6-12-4-3-5-13(12)8-14/h6-8,11H,3-5,9-10H2,1-2H3,(H,18,19). The van der Waals surface area contributed by atoms with Gasteiger partial charge in [0, 0.05) is 12.1 Å². The molecule has 0 radical (unpaired) electrons. The van der Waals surface area contributed by atoms with Gasteiger partial charge in [0.25, 0.3) is 0 Å². The lowest BCUT2D eigenvalue weighted by Crippen LogP contribution is -2.07. The number of carbonyl (C=O) groups excluding carboxylic acids is 1. The van der Waals surface area contributed by atoms with Crippen LogP contribution >= 0.6 is 23.1 Å². The molecule has 0 unspecified atom stereocenters. The molecule has 1 heterocycles. The average Bonchev–Trinajstić information content (AvgIpc) is 3.18. The molecular formula is C17H21N3OS2. The first kappa shape index (κ1) is 16.5. The van der Waals surface area contributed by atoms with E-state index < -0.39 is 0 Å². The molecule has 1 aromatic carbocycles. The molecule has 0 saturated carbocycles. The number of Topliss-reactive ketones (excluding diaryl/α,β-unsaturated/α-hetero) is 1. The Hall–Kier alpha value is -1.40. The van der Waals surface area contributed by atoms with E-state index >= 15 is 0 Å². The summed E-state index contributed by atoms with van der Waals surface area (Å²) < 4.78 is 0.839. The zero-order valence-corrected chi connectivity index (χ0v) is 15.1. The molecule has 0 amide bonds. The Morgan fingerprint density at radius 3 is 2.96 bits per heavy atom. The number of ketones is 1. The van der Waals surface area contributed by atoms with Gasteiger partial charge in [-0.3, -0.25) is 4.79 Å². The summed E-state index contributed by atoms with van der Waals surface area (Å²) in [6.07, 6.45) is 3.46. The molecule has 1 aliphatic rings. The number of benzene rings is 1. The first-order valence-corrected chi connectivity index (χ1v) is 9.77. The van der Waals surface area contributed by atoms with Crippen molar-refractivity contribution < 1.29 is 4.79 Å². The fourth-order valence-corrected chi connectivity index (χ4v) is 4.24. The maximum atomic E-state index is 12.4. The van der Waals surface area contributed by atoms with Crippen LogP contribution < -0.4 is 5.32 Å². The summed E-state index contributed by atoms with van der Waals surface area (Å²) >= 11 is 2.98. The number of aromatic nitrogens is 2. The van der Waals surface area contributed by atoms with Gasteiger partial charge in [-0.05, 0) is 42.4 Å². The fraction of sp³-hybridized carbons (Fsp3) is 0.471. The minimum absolute atomic E-state index is 0.164. The molecule has 122 valence electrons. The minimum Gasteiger partial charge on any atom is -0.360 e. The van der Waals surface area contributed by atoms with Crippen molar-refractivity contribution >= 4 is 34.0 Å². The molecule has 23 heavy (non-hydrogen) atoms. The van der Waals surface area contributed by atoms with Gasteiger partial charge in [0.1, 0.15) is 0 Å². The number of thioether (sulfide) groups is 1. The molecule has 1 aliphatic carbocycles. The second-order valence-corrected chi connectivity index (χ2v) is 8.40. The smallest absolute Gasteiger partial charge is 0.206 e. The Morgan fingerprint density at radius 1 is 1.30 bits per heavy atom. The first-order chi connectivity index (χ1) is 11.1. The largest absolute Gasteiger partial charge is 0.360 e. The van der Waals surface area contributed by atoms with Crippen molar-refractivity contribution in [3.05, 3.63) is 34.9 Å². The molecule has 2 aromatic rings. The number of hydrogen-bond acceptors (Lipinski definition) is 6. The normalized spacial score (nSPS) is 13.3. The van der Waals surface area contributed by atoms with Gasteiger partial charge < -0.3 is 5.32 Å². The maximum absolute atomic E-state index is 12.4. The van der Waals surface area contributed by atoms with Crippen LogP contribution in [0.3, 0.4) is 0 Å². The van der Waals surface area contributed by atoms with Crippen LogP contribution in [0.15, 0.2) is 22.5 Å². The molecule has 0 spiro atoms. The molecule has 1 aromatic heterocycles. The Kier molecular flexibility index (Phi) is 5.33. The Labute approximate surface area is 145 Å². The summed E-state index contributed by atoms with van der Waals surface area (Å²) in [4.78, 5) is 12.4. The van der Waals surface area contributed by atoms with E-state index in [1.165, 1.54) is 40.6 Å². The van der Waals surface area contributed by atoms with Gasteiger partial charge in [0.2, 0.25) is 5.13 Å². The van der Waals surface area contributed by atoms with Crippen molar-refractivity contribution in [1.82, 2.24) is 10.2 Å². The molecule has 3 rings (SSSR count). The monoisotopic (exact) mass is 347 g/mol. The van der Waals surface area contributed by atoms with Gasteiger partial charge in [-0.15, -0.1) is 10.2 Å². The summed E-state index contributed by atoms with van der Waals surface area (Å²) in [5.41, 5.74) is 3.57. The Morgan fingerprint density at radius 2 is 2.13 bits per heavy atom. The lowest BCUT2D eigenvalue weighted by molar-refractivity contribution is 0.102. The van der Waals surface area contributed by atoms with Gasteiger partial charge >= 0.3 is 0 Å². The number of nitrogens with zero attached hydrogens (tertiary/aromatic N) is 2. The van der Waals surface area contributed by atoms with E-state index in [0.29, 0.717) is 11.7 Å². The number of fused-ring (bicyclic) bond motifs is 1. The lowest BCUT2D eigenvalue weighted by Gasteiger charge is -2.04. The summed E-state index contributed by atoms with van der Waals surface area (Å²) in [6.45, 7) is 5.19. The molecule has 1 N–H and O–H groups in total. The van der Waals surface area contributed by atoms with Gasteiger partial charge in [0.05, 0.1) is 5.75 Å². The number of nitrogens with one attached hydrogen (secondary N) is 1. The van der Waals surface area contributed by atoms with Crippen LogP contribution in [0.4, 0.5) is 5.13 Å². The zero-order valence-electron chi connectivity index (χ0n) is 13.5. The summed E-state index contributed by atoms with van der Waals surface area (Å²) in [5, 5.41) is 12.3. The number of hydrogen-bond donors (Lipinski definition) is 1. The highest BCUT2D eigenvalue weighted by Crippen LogP contribution is 2.27. The number of aryl methyl sites for hydroxylation is 2. The van der Waals surface area contributed by atoms with Crippen LogP contribution in [0, 0.1) is 5.92 Å². The first-order valence-electron chi connectivity index (χ1n) is 7.97. The highest BCUT2D eigenvalue weighted by molar-refractivity contribution is 8.01. The summed E-state index contributed by atoms with van der Waals surface area (Å²) in [6, 6.07) is 6.14. The molecule has 4 nitrogen and oxygen atoms in total. The predicted molar refractivity (Wildman–Crippen MR) is 96.8 cm³/mol. The number of rotatable bonds is 7. The van der Waals surface area contributed by atoms with Crippen LogP contribution in [0.5, 0.6) is 0 Å². The van der Waals surface area contributed by atoms with Crippen LogP contribution in [0.2, 0.25) is 0 Å². The van der Waals surface area contributed by atoms with E-state index in [4.69, 9.17) is 0 Å². The maximum Gasteiger partial charge on any atom is 0.206 e. The highest BCUT2D eigenvalue weighted by atomic mass is 32.2. The third-order valence-electron chi connectivity index (χ3n) is 3.82. The van der Waals surface area contributed by atoms with Crippen molar-refractivity contribution in [3.63, 3.8) is 0 Å². The van der Waals surface area contributed by atoms with Crippen LogP contribution in [-0.2, 0) is 12.8 Å². The third kappa shape index (κ3) is 4.32. The Balaban J connectivity index is 1.55. The van der Waals surface area contributed by atoms with Crippen molar-refractivity contribution in [3.8, 4) is 0 Å². The Bertz CT molecular complexity index is 697. The SMILES string of the molecule is CC(C)CNc1nnc(SCC(=O)c2ccc3c(c2)CCC3)s1. The van der Waals surface area contributed by atoms with Crippen molar-refractivity contribution in [2.75, 3.05) is 17.6 Å². The molecule has 0 fully saturated rings. The molecule has 0 atom stereocenters. The zero-order chi connectivity index (χ0) is 16.2. The lowest BCUT2D eigenvalue weighted by atomic mass is 10.0. The van der Waals surface area contributed by atoms with Crippen molar-refractivity contribution in [1.29, 1.82) is 0 Å². The van der Waals surface area contributed by atoms with Crippen molar-refractivity contribution in [2.45, 2.75) is 37.4 Å². The number of anilines is 1. The predicted octanol–water partition coefficient (Wildman–Crippen LogP) is 4.07. The quantitative estimate of drug-likeness (QED) is 0.604. The van der Waals surface area contributed by atoms with E-state index in [1.807, 2.05) is 6.07 Å². The van der Waals surface area contributed by atoms with Gasteiger partial charge in [-0.1, -0.05) is 49.1 Å². The highest BCUT2D eigenvalue weighted by Gasteiger charge is 2.15. The van der Waals surface area contributed by atoms with E-state index in [-0.39, 0.29) is 5.78 Å². The average molecular weight is 348 g/mol. The van der Waals surface area contributed by atoms with Crippen LogP contribution in [-0.4, -0.2) is 28.3 Å². The van der Waals surface area contributed by atoms with E-state index in [9.17, 15) is 4.79 Å². The van der Waals surface area contributed by atoms with Crippen molar-refractivity contribution in [2.24, 2.45) is 5.92 Å². The number of carbonyl (C=O) groups is 1. The molecule has 0 bridgehead atoms. The second-order valence-electron chi connectivity index (χ2n) is 6.20. The topological polar surface area (TPSA) is 54.9 Å². The molecule has 0 saturated heterocycles. The second kappa shape index (κ2) is 7.45. The van der Waals surface area contributed by atoms with Gasteiger partial charge in [-0.25, -0.2) is 0 Å². The van der Waals surface area contributed by atoms with E-state index in [2.05, 4.69) is 41.5 Å².